The van der Waals surface area contributed by atoms with E-state index < -0.39 is 19.4 Å². The molecule has 0 N–H and O–H groups in total. The Bertz CT molecular complexity index is 339. The van der Waals surface area contributed by atoms with Gasteiger partial charge in [0, 0.05) is 0 Å². The number of rotatable bonds is 5. The standard InChI is InChI=1S/C12H19N2.Bi.2ClH/c1-13(2)9-11-6-5-7-12(8-11)10-14(3)4;;;/h5-7H,9-10H2,1-4H3;;2*1H/q;+2;;/p-2. The van der Waals surface area contributed by atoms with E-state index in [9.17, 15) is 0 Å². The molecule has 0 spiro atoms. The van der Waals surface area contributed by atoms with Gasteiger partial charge in [-0.3, -0.25) is 0 Å². The van der Waals surface area contributed by atoms with Gasteiger partial charge >= 0.3 is 120 Å². The van der Waals surface area contributed by atoms with E-state index in [1.807, 2.05) is 0 Å². The summed E-state index contributed by atoms with van der Waals surface area (Å²) >= 11 is -2.47. The number of hydrogen-bond acceptors (Lipinski definition) is 2. The van der Waals surface area contributed by atoms with E-state index in [2.05, 4.69) is 56.2 Å². The van der Waals surface area contributed by atoms with E-state index in [4.69, 9.17) is 17.0 Å². The minimum atomic E-state index is -2.47. The average Bonchev–Trinajstić information content (AvgIpc) is 2.14. The number of nitrogens with zero attached hydrogens (tertiary/aromatic N) is 2. The Labute approximate surface area is 119 Å². The van der Waals surface area contributed by atoms with Gasteiger partial charge in [-0.1, -0.05) is 0 Å². The van der Waals surface area contributed by atoms with Gasteiger partial charge in [0.2, 0.25) is 0 Å². The molecule has 0 radical (unpaired) electrons. The first-order chi connectivity index (χ1) is 7.91. The Balaban J connectivity index is 3.12. The summed E-state index contributed by atoms with van der Waals surface area (Å²) in [6.07, 6.45) is 0. The zero-order valence-corrected chi connectivity index (χ0v) is 15.7. The van der Waals surface area contributed by atoms with Crippen LogP contribution in [0.15, 0.2) is 18.2 Å². The monoisotopic (exact) mass is 470 g/mol. The Hall–Kier alpha value is 0.603. The van der Waals surface area contributed by atoms with Gasteiger partial charge in [0.05, 0.1) is 0 Å². The predicted octanol–water partition coefficient (Wildman–Crippen LogP) is 1.98. The van der Waals surface area contributed by atoms with Crippen LogP contribution in [0, 0.1) is 0 Å². The molecule has 0 heterocycles. The van der Waals surface area contributed by atoms with Crippen LogP contribution in [-0.2, 0) is 13.1 Å². The number of halogens is 2. The van der Waals surface area contributed by atoms with Crippen molar-refractivity contribution >= 4 is 39.7 Å². The van der Waals surface area contributed by atoms with Crippen molar-refractivity contribution in [1.82, 2.24) is 9.80 Å². The van der Waals surface area contributed by atoms with Gasteiger partial charge < -0.3 is 0 Å². The maximum atomic E-state index is 6.31. The van der Waals surface area contributed by atoms with E-state index in [-0.39, 0.29) is 0 Å². The van der Waals surface area contributed by atoms with E-state index in [0.29, 0.717) is 0 Å². The molecule has 0 aliphatic heterocycles. The quantitative estimate of drug-likeness (QED) is 0.607. The van der Waals surface area contributed by atoms with Crippen molar-refractivity contribution < 1.29 is 0 Å². The van der Waals surface area contributed by atoms with Crippen molar-refractivity contribution in [1.29, 1.82) is 0 Å². The molecule has 0 aliphatic carbocycles. The summed E-state index contributed by atoms with van der Waals surface area (Å²) in [5.74, 6) is 0. The maximum absolute atomic E-state index is 6.31. The van der Waals surface area contributed by atoms with Crippen molar-refractivity contribution in [2.75, 3.05) is 28.2 Å². The van der Waals surface area contributed by atoms with Crippen LogP contribution in [0.4, 0.5) is 0 Å². The molecule has 0 aliphatic rings. The van der Waals surface area contributed by atoms with Gasteiger partial charge in [0.1, 0.15) is 0 Å². The minimum absolute atomic E-state index is 0.905. The molecule has 1 rings (SSSR count). The van der Waals surface area contributed by atoms with Crippen LogP contribution >= 0.6 is 17.0 Å². The third-order valence-corrected chi connectivity index (χ3v) is 8.86. The first kappa shape index (κ1) is 15.7. The second-order valence-corrected chi connectivity index (χ2v) is 15.6. The summed E-state index contributed by atoms with van der Waals surface area (Å²) in [6, 6.07) is 6.38. The molecular weight excluding hydrogens is 452 g/mol. The van der Waals surface area contributed by atoms with Crippen LogP contribution in [0.2, 0.25) is 0 Å². The molecule has 1 aromatic rings. The first-order valence-corrected chi connectivity index (χ1v) is 15.7. The Morgan fingerprint density at radius 2 is 1.35 bits per heavy atom. The van der Waals surface area contributed by atoms with Gasteiger partial charge in [-0.05, 0) is 0 Å². The Morgan fingerprint density at radius 1 is 0.941 bits per heavy atom. The predicted molar refractivity (Wildman–Crippen MR) is 78.3 cm³/mol. The molecule has 5 heteroatoms. The molecule has 0 amide bonds. The van der Waals surface area contributed by atoms with E-state index in [0.717, 1.165) is 13.1 Å². The van der Waals surface area contributed by atoms with Crippen molar-refractivity contribution in [3.8, 4) is 0 Å². The normalized spacial score (nSPS) is 11.8. The number of hydrogen-bond donors (Lipinski definition) is 0. The summed E-state index contributed by atoms with van der Waals surface area (Å²) in [4.78, 5) is 4.30. The fraction of sp³-hybridized carbons (Fsp3) is 0.500. The molecule has 0 unspecified atom stereocenters. The van der Waals surface area contributed by atoms with Crippen LogP contribution in [0.3, 0.4) is 0 Å². The zero-order chi connectivity index (χ0) is 13.0. The summed E-state index contributed by atoms with van der Waals surface area (Å²) in [5, 5.41) is 0. The van der Waals surface area contributed by atoms with Crippen molar-refractivity contribution in [3.63, 3.8) is 0 Å². The molecule has 0 aromatic heterocycles. The summed E-state index contributed by atoms with van der Waals surface area (Å²) in [5.41, 5.74) is 2.58. The molecule has 0 atom stereocenters. The van der Waals surface area contributed by atoms with Crippen LogP contribution in [-0.4, -0.2) is 57.4 Å². The van der Waals surface area contributed by atoms with Crippen molar-refractivity contribution in [2.24, 2.45) is 0 Å². The second-order valence-electron chi connectivity index (χ2n) is 4.63. The molecular formula is C12H19BiCl2N2. The van der Waals surface area contributed by atoms with Crippen molar-refractivity contribution in [2.45, 2.75) is 13.1 Å². The summed E-state index contributed by atoms with van der Waals surface area (Å²) < 4.78 is 1.26. The molecule has 96 valence electrons. The van der Waals surface area contributed by atoms with Crippen molar-refractivity contribution in [3.05, 3.63) is 29.3 Å². The Morgan fingerprint density at radius 3 is 1.65 bits per heavy atom. The van der Waals surface area contributed by atoms with Crippen LogP contribution in [0.5, 0.6) is 0 Å². The average molecular weight is 471 g/mol. The molecule has 0 fully saturated rings. The molecule has 0 bridgehead atoms. The third-order valence-electron chi connectivity index (χ3n) is 2.35. The zero-order valence-electron chi connectivity index (χ0n) is 10.7. The van der Waals surface area contributed by atoms with E-state index in [1.54, 1.807) is 0 Å². The van der Waals surface area contributed by atoms with Crippen LogP contribution in [0.1, 0.15) is 11.1 Å². The topological polar surface area (TPSA) is 6.48 Å². The van der Waals surface area contributed by atoms with Crippen LogP contribution in [0.25, 0.3) is 0 Å². The first-order valence-electron chi connectivity index (χ1n) is 5.43. The van der Waals surface area contributed by atoms with Crippen LogP contribution < -0.4 is 3.27 Å². The number of benzene rings is 1. The van der Waals surface area contributed by atoms with Gasteiger partial charge in [0.15, 0.2) is 0 Å². The Kier molecular flexibility index (Phi) is 6.68. The summed E-state index contributed by atoms with van der Waals surface area (Å²) in [7, 11) is 20.9. The van der Waals surface area contributed by atoms with Gasteiger partial charge in [-0.2, -0.15) is 0 Å². The van der Waals surface area contributed by atoms with Gasteiger partial charge in [-0.15, -0.1) is 0 Å². The molecule has 2 nitrogen and oxygen atoms in total. The SMILES string of the molecule is CN(C)Cc1cccc(CN(C)C)[c]1[Bi]([Cl])[Cl]. The fourth-order valence-electron chi connectivity index (χ4n) is 1.80. The molecule has 0 saturated carbocycles. The molecule has 17 heavy (non-hydrogen) atoms. The van der Waals surface area contributed by atoms with E-state index in [1.165, 1.54) is 14.4 Å². The fourth-order valence-corrected chi connectivity index (χ4v) is 8.43. The third kappa shape index (κ3) is 5.00. The molecule has 1 aromatic carbocycles. The second kappa shape index (κ2) is 7.26. The van der Waals surface area contributed by atoms with E-state index >= 15 is 0 Å². The van der Waals surface area contributed by atoms with Gasteiger partial charge in [0.25, 0.3) is 0 Å². The summed E-state index contributed by atoms with van der Waals surface area (Å²) in [6.45, 7) is 1.81. The molecule has 0 saturated heterocycles. The van der Waals surface area contributed by atoms with Gasteiger partial charge in [-0.25, -0.2) is 0 Å².